The third-order valence-electron chi connectivity index (χ3n) is 3.96. The van der Waals surface area contributed by atoms with Crippen LogP contribution < -0.4 is 24.3 Å². The number of hydrogen-bond donors (Lipinski definition) is 1. The van der Waals surface area contributed by atoms with E-state index in [1.54, 1.807) is 36.4 Å². The van der Waals surface area contributed by atoms with Crippen molar-refractivity contribution in [3.05, 3.63) is 47.5 Å². The molecule has 0 fully saturated rings. The highest BCUT2D eigenvalue weighted by molar-refractivity contribution is 6.09. The molecule has 0 aromatic heterocycles. The summed E-state index contributed by atoms with van der Waals surface area (Å²) < 4.78 is 21.4. The van der Waals surface area contributed by atoms with E-state index in [4.69, 9.17) is 24.2 Å². The Morgan fingerprint density at radius 1 is 1.14 bits per heavy atom. The summed E-state index contributed by atoms with van der Waals surface area (Å²) in [5.41, 5.74) is 0.964. The second-order valence-corrected chi connectivity index (χ2v) is 5.84. The molecule has 0 saturated heterocycles. The molecule has 1 N–H and O–H groups in total. The number of amides is 1. The molecule has 0 aliphatic carbocycles. The minimum Gasteiger partial charge on any atom is -0.493 e. The summed E-state index contributed by atoms with van der Waals surface area (Å²) in [6.45, 7) is 0.792. The van der Waals surface area contributed by atoms with Gasteiger partial charge in [0.2, 0.25) is 0 Å². The van der Waals surface area contributed by atoms with Gasteiger partial charge in [0, 0.05) is 11.8 Å². The molecule has 0 unspecified atom stereocenters. The summed E-state index contributed by atoms with van der Waals surface area (Å²) in [5.74, 6) is 1.36. The molecule has 1 aliphatic heterocycles. The summed E-state index contributed by atoms with van der Waals surface area (Å²) in [5, 5.41) is 20.7. The quantitative estimate of drug-likeness (QED) is 0.595. The number of anilines is 1. The van der Waals surface area contributed by atoms with Gasteiger partial charge in [0.15, 0.2) is 29.6 Å². The molecule has 2 aromatic rings. The van der Waals surface area contributed by atoms with Crippen molar-refractivity contribution in [1.29, 1.82) is 10.5 Å². The maximum atomic E-state index is 12.5. The predicted octanol–water partition coefficient (Wildman–Crippen LogP) is 2.91. The van der Waals surface area contributed by atoms with Gasteiger partial charge in [0.05, 0.1) is 7.11 Å². The zero-order chi connectivity index (χ0) is 20.6. The molecule has 0 bridgehead atoms. The Bertz CT molecular complexity index is 1030. The lowest BCUT2D eigenvalue weighted by atomic mass is 10.1. The number of hydrogen-bond acceptors (Lipinski definition) is 7. The van der Waals surface area contributed by atoms with Crippen LogP contribution in [0, 0.1) is 22.7 Å². The van der Waals surface area contributed by atoms with E-state index in [-0.39, 0.29) is 12.2 Å². The van der Waals surface area contributed by atoms with Crippen LogP contribution in [0.3, 0.4) is 0 Å². The van der Waals surface area contributed by atoms with Gasteiger partial charge in [-0.25, -0.2) is 0 Å². The molecule has 0 saturated carbocycles. The topological polar surface area (TPSA) is 114 Å². The number of nitrogens with one attached hydrogen (secondary N) is 1. The summed E-state index contributed by atoms with van der Waals surface area (Å²) in [4.78, 5) is 12.5. The van der Waals surface area contributed by atoms with E-state index in [1.165, 1.54) is 13.2 Å². The first-order valence-electron chi connectivity index (χ1n) is 8.65. The Kier molecular flexibility index (Phi) is 6.18. The Balaban J connectivity index is 1.78. The number of carbonyl (C=O) groups excluding carboxylic acids is 1. The highest BCUT2D eigenvalue weighted by atomic mass is 16.6. The number of fused-ring (bicyclic) bond motifs is 1. The molecule has 1 amide bonds. The molecule has 0 spiro atoms. The van der Waals surface area contributed by atoms with Crippen molar-refractivity contribution >= 4 is 17.7 Å². The molecule has 2 aromatic carbocycles. The van der Waals surface area contributed by atoms with Crippen molar-refractivity contribution in [2.75, 3.05) is 32.2 Å². The van der Waals surface area contributed by atoms with Crippen LogP contribution in [0.5, 0.6) is 23.0 Å². The van der Waals surface area contributed by atoms with Crippen LogP contribution in [0.15, 0.2) is 42.0 Å². The molecule has 29 heavy (non-hydrogen) atoms. The largest absolute Gasteiger partial charge is 0.493 e. The lowest BCUT2D eigenvalue weighted by Gasteiger charge is -2.18. The number of methoxy groups -OCH3 is 1. The van der Waals surface area contributed by atoms with Gasteiger partial charge < -0.3 is 24.3 Å². The standard InChI is InChI=1S/C21H17N3O5/c1-26-19-11-14(2-4-17(19)27-7-6-22)10-15(13-23)21(25)24-16-3-5-18-20(12-16)29-9-8-28-18/h2-5,10-12H,7-9H2,1H3,(H,24,25)/b15-10+. The highest BCUT2D eigenvalue weighted by Crippen LogP contribution is 2.33. The van der Waals surface area contributed by atoms with E-state index in [2.05, 4.69) is 5.32 Å². The first-order valence-corrected chi connectivity index (χ1v) is 8.65. The fraction of sp³-hybridized carbons (Fsp3) is 0.190. The van der Waals surface area contributed by atoms with Crippen LogP contribution in [-0.2, 0) is 4.79 Å². The van der Waals surface area contributed by atoms with Gasteiger partial charge in [-0.2, -0.15) is 10.5 Å². The number of nitrogens with zero attached hydrogens (tertiary/aromatic N) is 2. The van der Waals surface area contributed by atoms with E-state index < -0.39 is 5.91 Å². The SMILES string of the molecule is COc1cc(/C=C(\C#N)C(=O)Nc2ccc3c(c2)OCCO3)ccc1OCC#N. The van der Waals surface area contributed by atoms with Crippen molar-refractivity contribution in [1.82, 2.24) is 0 Å². The smallest absolute Gasteiger partial charge is 0.266 e. The molecular formula is C21H17N3O5. The third kappa shape index (κ3) is 4.76. The van der Waals surface area contributed by atoms with Crippen LogP contribution in [0.2, 0.25) is 0 Å². The van der Waals surface area contributed by atoms with E-state index >= 15 is 0 Å². The Hall–Kier alpha value is -4.17. The number of nitriles is 2. The van der Waals surface area contributed by atoms with Gasteiger partial charge in [-0.1, -0.05) is 6.07 Å². The first kappa shape index (κ1) is 19.6. The van der Waals surface area contributed by atoms with E-state index in [0.717, 1.165) is 0 Å². The minimum atomic E-state index is -0.562. The number of rotatable bonds is 6. The van der Waals surface area contributed by atoms with Gasteiger partial charge in [-0.3, -0.25) is 4.79 Å². The van der Waals surface area contributed by atoms with Gasteiger partial charge in [-0.15, -0.1) is 0 Å². The minimum absolute atomic E-state index is 0.0902. The Labute approximate surface area is 167 Å². The van der Waals surface area contributed by atoms with Crippen LogP contribution in [0.1, 0.15) is 5.56 Å². The molecule has 1 heterocycles. The third-order valence-corrected chi connectivity index (χ3v) is 3.96. The zero-order valence-electron chi connectivity index (χ0n) is 15.6. The van der Waals surface area contributed by atoms with Gasteiger partial charge in [-0.05, 0) is 35.9 Å². The fourth-order valence-corrected chi connectivity index (χ4v) is 2.64. The molecular weight excluding hydrogens is 374 g/mol. The van der Waals surface area contributed by atoms with E-state index in [1.807, 2.05) is 12.1 Å². The highest BCUT2D eigenvalue weighted by Gasteiger charge is 2.15. The average molecular weight is 391 g/mol. The predicted molar refractivity (Wildman–Crippen MR) is 104 cm³/mol. The number of carbonyl (C=O) groups is 1. The second-order valence-electron chi connectivity index (χ2n) is 5.84. The van der Waals surface area contributed by atoms with E-state index in [0.29, 0.717) is 47.5 Å². The average Bonchev–Trinajstić information content (AvgIpc) is 2.76. The van der Waals surface area contributed by atoms with Crippen LogP contribution in [0.4, 0.5) is 5.69 Å². The molecule has 8 nitrogen and oxygen atoms in total. The lowest BCUT2D eigenvalue weighted by Crippen LogP contribution is -2.17. The van der Waals surface area contributed by atoms with Crippen LogP contribution in [0.25, 0.3) is 6.08 Å². The normalized spacial score (nSPS) is 12.3. The first-order chi connectivity index (χ1) is 14.1. The van der Waals surface area contributed by atoms with Crippen molar-refractivity contribution in [3.8, 4) is 35.1 Å². The second kappa shape index (κ2) is 9.16. The summed E-state index contributed by atoms with van der Waals surface area (Å²) in [6.07, 6.45) is 1.43. The lowest BCUT2D eigenvalue weighted by molar-refractivity contribution is -0.112. The fourth-order valence-electron chi connectivity index (χ4n) is 2.64. The van der Waals surface area contributed by atoms with Crippen molar-refractivity contribution in [2.24, 2.45) is 0 Å². The maximum absolute atomic E-state index is 12.5. The Morgan fingerprint density at radius 2 is 1.93 bits per heavy atom. The molecule has 8 heteroatoms. The Morgan fingerprint density at radius 3 is 2.66 bits per heavy atom. The van der Waals surface area contributed by atoms with E-state index in [9.17, 15) is 10.1 Å². The maximum Gasteiger partial charge on any atom is 0.266 e. The summed E-state index contributed by atoms with van der Waals surface area (Å²) in [7, 11) is 1.46. The molecule has 0 radical (unpaired) electrons. The zero-order valence-corrected chi connectivity index (χ0v) is 15.6. The molecule has 146 valence electrons. The summed E-state index contributed by atoms with van der Waals surface area (Å²) in [6, 6.07) is 13.7. The van der Waals surface area contributed by atoms with Crippen LogP contribution in [-0.4, -0.2) is 32.8 Å². The molecule has 3 rings (SSSR count). The van der Waals surface area contributed by atoms with Crippen molar-refractivity contribution in [3.63, 3.8) is 0 Å². The van der Waals surface area contributed by atoms with Crippen molar-refractivity contribution in [2.45, 2.75) is 0 Å². The van der Waals surface area contributed by atoms with Crippen molar-refractivity contribution < 1.29 is 23.7 Å². The molecule has 1 aliphatic rings. The van der Waals surface area contributed by atoms with Gasteiger partial charge in [0.1, 0.15) is 30.9 Å². The summed E-state index contributed by atoms with van der Waals surface area (Å²) >= 11 is 0. The van der Waals surface area contributed by atoms with Gasteiger partial charge in [0.25, 0.3) is 5.91 Å². The number of ether oxygens (including phenoxy) is 4. The number of benzene rings is 2. The monoisotopic (exact) mass is 391 g/mol. The van der Waals surface area contributed by atoms with Gasteiger partial charge >= 0.3 is 0 Å². The van der Waals surface area contributed by atoms with Crippen LogP contribution >= 0.6 is 0 Å². The molecule has 0 atom stereocenters.